The monoisotopic (exact) mass is 1520 g/mol. The minimum absolute atomic E-state index is 0.202. The lowest BCUT2D eigenvalue weighted by molar-refractivity contribution is 0.00578. The summed E-state index contributed by atoms with van der Waals surface area (Å²) in [7, 11) is -0.461. The molecule has 14 heteroatoms. The molecular formula is C100H68BClN8O2S2. The molecule has 2 aliphatic carbocycles. The van der Waals surface area contributed by atoms with Crippen LogP contribution in [-0.2, 0) is 20.1 Å². The molecular weight excluding hydrogens is 1460 g/mol. The summed E-state index contributed by atoms with van der Waals surface area (Å²) >= 11 is 9.67. The van der Waals surface area contributed by atoms with E-state index in [2.05, 4.69) is 249 Å². The molecule has 5 heterocycles. The van der Waals surface area contributed by atoms with Crippen LogP contribution in [0.3, 0.4) is 0 Å². The molecule has 1 saturated heterocycles. The van der Waals surface area contributed by atoms with Crippen LogP contribution in [-0.4, -0.2) is 48.2 Å². The van der Waals surface area contributed by atoms with E-state index in [-0.39, 0.29) is 5.28 Å². The summed E-state index contributed by atoms with van der Waals surface area (Å²) in [6.45, 7) is 8.41. The Morgan fingerprint density at radius 3 is 0.965 bits per heavy atom. The van der Waals surface area contributed by atoms with Gasteiger partial charge >= 0.3 is 7.12 Å². The molecule has 0 N–H and O–H groups in total. The van der Waals surface area contributed by atoms with Gasteiger partial charge in [0.25, 0.3) is 0 Å². The van der Waals surface area contributed by atoms with E-state index in [0.29, 0.717) is 40.2 Å². The molecule has 542 valence electrons. The summed E-state index contributed by atoms with van der Waals surface area (Å²) in [5.74, 6) is 3.06. The van der Waals surface area contributed by atoms with Crippen molar-refractivity contribution in [2.75, 3.05) is 0 Å². The second-order valence-corrected chi connectivity index (χ2v) is 32.2. The maximum Gasteiger partial charge on any atom is 0.494 e. The number of aromatic nitrogens is 6. The predicted octanol–water partition coefficient (Wildman–Crippen LogP) is 23.5. The largest absolute Gasteiger partial charge is 0.494 e. The number of fused-ring (bicyclic) bond motifs is 18. The highest BCUT2D eigenvalue weighted by atomic mass is 35.5. The van der Waals surface area contributed by atoms with Crippen molar-refractivity contribution in [3.05, 3.63) is 401 Å². The van der Waals surface area contributed by atoms with E-state index in [0.717, 1.165) is 55.5 Å². The molecule has 0 unspecified atom stereocenters. The van der Waals surface area contributed by atoms with Gasteiger partial charge in [-0.3, -0.25) is 0 Å². The fourth-order valence-corrected chi connectivity index (χ4v) is 19.4. The van der Waals surface area contributed by atoms with Crippen molar-refractivity contribution in [1.29, 1.82) is 10.5 Å². The van der Waals surface area contributed by atoms with E-state index in [4.69, 9.17) is 35.9 Å². The van der Waals surface area contributed by atoms with Gasteiger partial charge in [0.15, 0.2) is 29.1 Å². The molecule has 1 fully saturated rings. The van der Waals surface area contributed by atoms with Crippen molar-refractivity contribution < 1.29 is 9.31 Å². The van der Waals surface area contributed by atoms with E-state index in [1.807, 2.05) is 169 Å². The van der Waals surface area contributed by atoms with E-state index in [9.17, 15) is 10.5 Å². The summed E-state index contributed by atoms with van der Waals surface area (Å²) in [5.41, 5.74) is 24.4. The van der Waals surface area contributed by atoms with E-state index in [1.165, 1.54) is 86.3 Å². The van der Waals surface area contributed by atoms with E-state index in [1.54, 1.807) is 0 Å². The standard InChI is InChI=1S/C47H28N4S.C38H30BNO2S.C15H10ClN3/c48-29-30-22-24-31(25-23-30)35-16-11-19-39-43(35)36-27-26-34(28-40(36)47(39)37-17-7-9-20-41(37)52-42-21-10-8-18-38(42)47)46-50-44(32-12-3-1-4-13-32)49-45(51-46)33-14-5-2-6-15-33;1-36(2)37(3,4)42-39(41-36)26-20-21-28-32(22-26)38(29-11-5-7-14-33(29)43-34-15-8-6-12-30(34)38)31-13-9-10-27(35(28)31)25-18-16-24(23-40)17-19-25;16-15-18-13(11-7-3-1-4-8-11)17-14(19-15)12-9-5-2-6-10-12/h1-28H;5-22H,1-4H3;1-10H. The number of nitrogens with zero attached hydrogens (tertiary/aromatic N) is 8. The summed E-state index contributed by atoms with van der Waals surface area (Å²) in [6, 6.07) is 122. The first kappa shape index (κ1) is 71.4. The molecule has 14 aromatic carbocycles. The maximum absolute atomic E-state index is 9.55. The van der Waals surface area contributed by atoms with Crippen molar-refractivity contribution in [3.8, 4) is 114 Å². The number of halogens is 1. The predicted molar refractivity (Wildman–Crippen MR) is 457 cm³/mol. The van der Waals surface area contributed by atoms with Gasteiger partial charge in [0.2, 0.25) is 5.28 Å². The highest BCUT2D eigenvalue weighted by Crippen LogP contribution is 2.66. The molecule has 2 aromatic heterocycles. The van der Waals surface area contributed by atoms with Crippen molar-refractivity contribution in [2.24, 2.45) is 0 Å². The Balaban J connectivity index is 0.000000126. The van der Waals surface area contributed by atoms with Crippen molar-refractivity contribution in [1.82, 2.24) is 29.9 Å². The molecule has 114 heavy (non-hydrogen) atoms. The van der Waals surface area contributed by atoms with Gasteiger partial charge in [-0.05, 0) is 188 Å². The Labute approximate surface area is 676 Å². The van der Waals surface area contributed by atoms with Gasteiger partial charge in [-0.1, -0.05) is 309 Å². The van der Waals surface area contributed by atoms with Gasteiger partial charge in [-0.15, -0.1) is 0 Å². The highest BCUT2D eigenvalue weighted by Gasteiger charge is 2.55. The number of hydrogen-bond donors (Lipinski definition) is 0. The van der Waals surface area contributed by atoms with Crippen LogP contribution in [0.2, 0.25) is 5.28 Å². The van der Waals surface area contributed by atoms with E-state index < -0.39 is 29.2 Å². The molecule has 0 atom stereocenters. The van der Waals surface area contributed by atoms with Crippen LogP contribution in [0, 0.1) is 22.7 Å². The van der Waals surface area contributed by atoms with Crippen LogP contribution in [0.5, 0.6) is 0 Å². The van der Waals surface area contributed by atoms with Crippen LogP contribution in [0.25, 0.3) is 101 Å². The zero-order chi connectivity index (χ0) is 77.3. The first-order chi connectivity index (χ1) is 55.8. The van der Waals surface area contributed by atoms with Gasteiger partial charge in [-0.25, -0.2) is 19.9 Å². The lowest BCUT2D eigenvalue weighted by atomic mass is 9.66. The quantitative estimate of drug-likeness (QED) is 0.134. The van der Waals surface area contributed by atoms with Gasteiger partial charge in [0, 0.05) is 47.4 Å². The number of rotatable bonds is 8. The lowest BCUT2D eigenvalue weighted by Crippen LogP contribution is -2.41. The van der Waals surface area contributed by atoms with Gasteiger partial charge in [-0.2, -0.15) is 20.5 Å². The third-order valence-corrected chi connectivity index (χ3v) is 25.2. The summed E-state index contributed by atoms with van der Waals surface area (Å²) in [6.07, 6.45) is 0. The Hall–Kier alpha value is -12.9. The van der Waals surface area contributed by atoms with E-state index >= 15 is 0 Å². The molecule has 0 saturated carbocycles. The maximum atomic E-state index is 9.55. The molecule has 21 rings (SSSR count). The normalized spacial score (nSPS) is 14.5. The fraction of sp³-hybridized carbons (Fsp3) is 0.0800. The number of benzene rings is 14. The summed E-state index contributed by atoms with van der Waals surface area (Å²) in [4.78, 5) is 33.0. The molecule has 0 radical (unpaired) electrons. The molecule has 0 bridgehead atoms. The fourth-order valence-electron chi connectivity index (χ4n) is 16.8. The van der Waals surface area contributed by atoms with Crippen molar-refractivity contribution in [2.45, 2.75) is 69.3 Å². The van der Waals surface area contributed by atoms with Crippen LogP contribution >= 0.6 is 35.1 Å². The third-order valence-electron chi connectivity index (χ3n) is 22.8. The second-order valence-electron chi connectivity index (χ2n) is 29.7. The first-order valence-corrected chi connectivity index (χ1v) is 39.9. The van der Waals surface area contributed by atoms with Crippen LogP contribution in [0.4, 0.5) is 0 Å². The Kier molecular flexibility index (Phi) is 18.1. The van der Waals surface area contributed by atoms with Gasteiger partial charge in [0.05, 0.1) is 45.3 Å². The number of nitriles is 2. The number of hydrogen-bond acceptors (Lipinski definition) is 12. The van der Waals surface area contributed by atoms with Crippen molar-refractivity contribution >= 4 is 47.7 Å². The minimum atomic E-state index is -0.584. The van der Waals surface area contributed by atoms with Gasteiger partial charge < -0.3 is 9.31 Å². The molecule has 16 aromatic rings. The van der Waals surface area contributed by atoms with Crippen LogP contribution in [0.1, 0.15) is 83.3 Å². The Morgan fingerprint density at radius 2 is 0.596 bits per heavy atom. The zero-order valence-electron chi connectivity index (χ0n) is 62.5. The zero-order valence-corrected chi connectivity index (χ0v) is 64.9. The van der Waals surface area contributed by atoms with Crippen LogP contribution in [0.15, 0.2) is 359 Å². The molecule has 3 aliphatic heterocycles. The average Bonchev–Trinajstić information content (AvgIpc) is 1.50. The highest BCUT2D eigenvalue weighted by molar-refractivity contribution is 7.99. The second kappa shape index (κ2) is 29.0. The summed E-state index contributed by atoms with van der Waals surface area (Å²) < 4.78 is 13.1. The molecule has 10 nitrogen and oxygen atoms in total. The molecule has 0 amide bonds. The van der Waals surface area contributed by atoms with Crippen LogP contribution < -0.4 is 5.46 Å². The topological polar surface area (TPSA) is 143 Å². The molecule has 2 spiro atoms. The van der Waals surface area contributed by atoms with Crippen molar-refractivity contribution in [3.63, 3.8) is 0 Å². The lowest BCUT2D eigenvalue weighted by Gasteiger charge is -2.39. The Morgan fingerprint density at radius 1 is 0.289 bits per heavy atom. The SMILES string of the molecule is CC1(C)OB(c2ccc3c(c2)C2(c4ccccc4Sc4ccccc42)c2cccc(-c4ccc(C#N)cc4)c2-3)OC1(C)C.Clc1nc(-c2ccccc2)nc(-c2ccccc2)n1.N#Cc1ccc(-c2cccc3c2-c2ccc(-c4nc(-c5ccccc5)nc(-c5ccccc5)n4)cc2C32c3ccccc3Sc3ccccc32)cc1. The summed E-state index contributed by atoms with van der Waals surface area (Å²) in [5, 5.41) is 19.2. The average molecular weight is 1520 g/mol. The van der Waals surface area contributed by atoms with Gasteiger partial charge in [0.1, 0.15) is 0 Å². The minimum Gasteiger partial charge on any atom is -0.399 e. The third kappa shape index (κ3) is 12.1. The smallest absolute Gasteiger partial charge is 0.399 e. The Bertz CT molecular complexity index is 6330. The first-order valence-electron chi connectivity index (χ1n) is 37.9. The molecule has 5 aliphatic rings.